The maximum atomic E-state index is 13.0. The van der Waals surface area contributed by atoms with Gasteiger partial charge >= 0.3 is 0 Å². The summed E-state index contributed by atoms with van der Waals surface area (Å²) in [5.74, 6) is 0.246. The van der Waals surface area contributed by atoms with Gasteiger partial charge in [-0.05, 0) is 41.3 Å². The minimum absolute atomic E-state index is 0.191. The molecule has 0 aliphatic heterocycles. The van der Waals surface area contributed by atoms with Crippen molar-refractivity contribution < 1.29 is 4.39 Å². The monoisotopic (exact) mass is 335 g/mol. The van der Waals surface area contributed by atoms with E-state index in [4.69, 9.17) is 0 Å². The van der Waals surface area contributed by atoms with Crippen molar-refractivity contribution in [2.24, 2.45) is 5.92 Å². The van der Waals surface area contributed by atoms with E-state index in [9.17, 15) is 4.39 Å². The topological polar surface area (TPSA) is 12.0 Å². The lowest BCUT2D eigenvalue weighted by molar-refractivity contribution is 0.410. The molecule has 1 nitrogen and oxygen atoms in total. The summed E-state index contributed by atoms with van der Waals surface area (Å²) in [5.41, 5.74) is 2.35. The van der Waals surface area contributed by atoms with Crippen LogP contribution in [0.1, 0.15) is 31.0 Å². The molecule has 0 heterocycles. The Labute approximate surface area is 128 Å². The van der Waals surface area contributed by atoms with Gasteiger partial charge in [0.1, 0.15) is 5.82 Å². The molecule has 0 fully saturated rings. The van der Waals surface area contributed by atoms with Crippen LogP contribution in [0, 0.1) is 11.7 Å². The first-order valence-corrected chi connectivity index (χ1v) is 7.59. The van der Waals surface area contributed by atoms with Crippen LogP contribution in [0.4, 0.5) is 4.39 Å². The number of nitrogens with one attached hydrogen (secondary N) is 1. The quantitative estimate of drug-likeness (QED) is 0.803. The van der Waals surface area contributed by atoms with Crippen molar-refractivity contribution in [2.75, 3.05) is 0 Å². The van der Waals surface area contributed by atoms with Gasteiger partial charge in [0.2, 0.25) is 0 Å². The second-order valence-electron chi connectivity index (χ2n) is 5.28. The number of hydrogen-bond donors (Lipinski definition) is 1. The van der Waals surface area contributed by atoms with Crippen molar-refractivity contribution in [3.05, 3.63) is 69.9 Å². The molecule has 0 amide bonds. The fourth-order valence-electron chi connectivity index (χ4n) is 2.28. The van der Waals surface area contributed by atoms with Crippen molar-refractivity contribution in [1.29, 1.82) is 0 Å². The predicted molar refractivity (Wildman–Crippen MR) is 85.0 cm³/mol. The Hall–Kier alpha value is -1.19. The zero-order chi connectivity index (χ0) is 14.5. The van der Waals surface area contributed by atoms with Crippen molar-refractivity contribution in [3.8, 4) is 0 Å². The summed E-state index contributed by atoms with van der Waals surface area (Å²) < 4.78 is 14.1. The molecule has 0 saturated heterocycles. The van der Waals surface area contributed by atoms with Crippen LogP contribution in [-0.2, 0) is 6.54 Å². The highest BCUT2D eigenvalue weighted by Crippen LogP contribution is 2.23. The molecule has 106 valence electrons. The molecule has 0 bridgehead atoms. The van der Waals surface area contributed by atoms with Gasteiger partial charge in [0.25, 0.3) is 0 Å². The molecule has 0 aliphatic rings. The lowest BCUT2D eigenvalue weighted by atomic mass is 9.96. The summed E-state index contributed by atoms with van der Waals surface area (Å²) in [6.45, 7) is 5.13. The van der Waals surface area contributed by atoms with Crippen molar-refractivity contribution in [1.82, 2.24) is 5.32 Å². The molecular weight excluding hydrogens is 317 g/mol. The third-order valence-electron chi connectivity index (χ3n) is 3.31. The van der Waals surface area contributed by atoms with E-state index < -0.39 is 0 Å². The van der Waals surface area contributed by atoms with E-state index >= 15 is 0 Å². The van der Waals surface area contributed by atoms with Gasteiger partial charge < -0.3 is 5.32 Å². The normalized spacial score (nSPS) is 12.7. The summed E-state index contributed by atoms with van der Waals surface area (Å²) in [7, 11) is 0. The largest absolute Gasteiger partial charge is 0.306 e. The molecule has 0 aromatic heterocycles. The van der Waals surface area contributed by atoms with E-state index in [-0.39, 0.29) is 11.9 Å². The number of rotatable bonds is 5. The Kier molecular flexibility index (Phi) is 5.32. The second kappa shape index (κ2) is 7.00. The van der Waals surface area contributed by atoms with E-state index in [1.54, 1.807) is 0 Å². The third-order valence-corrected chi connectivity index (χ3v) is 3.80. The van der Waals surface area contributed by atoms with E-state index in [2.05, 4.69) is 47.2 Å². The van der Waals surface area contributed by atoms with E-state index in [1.165, 1.54) is 17.7 Å². The summed E-state index contributed by atoms with van der Waals surface area (Å²) in [6.07, 6.45) is 0. The molecule has 0 spiro atoms. The van der Waals surface area contributed by atoms with E-state index in [0.717, 1.165) is 16.6 Å². The SMILES string of the molecule is CC(C)C(NCc1cccc(Br)c1)c1ccc(F)cc1. The van der Waals surface area contributed by atoms with Crippen LogP contribution in [0.3, 0.4) is 0 Å². The standard InChI is InChI=1S/C17H19BrFN/c1-12(2)17(14-6-8-16(19)9-7-14)20-11-13-4-3-5-15(18)10-13/h3-10,12,17,20H,11H2,1-2H3. The molecule has 0 aliphatic carbocycles. The van der Waals surface area contributed by atoms with E-state index in [1.807, 2.05) is 24.3 Å². The van der Waals surface area contributed by atoms with Crippen LogP contribution < -0.4 is 5.32 Å². The molecule has 0 radical (unpaired) electrons. The van der Waals surface area contributed by atoms with Crippen molar-refractivity contribution in [3.63, 3.8) is 0 Å². The second-order valence-corrected chi connectivity index (χ2v) is 6.20. The van der Waals surface area contributed by atoms with Crippen molar-refractivity contribution in [2.45, 2.75) is 26.4 Å². The minimum Gasteiger partial charge on any atom is -0.306 e. The minimum atomic E-state index is -0.191. The van der Waals surface area contributed by atoms with Gasteiger partial charge in [-0.1, -0.05) is 54.0 Å². The molecule has 3 heteroatoms. The molecule has 1 unspecified atom stereocenters. The number of hydrogen-bond acceptors (Lipinski definition) is 1. The Morgan fingerprint density at radius 1 is 1.10 bits per heavy atom. The first-order valence-electron chi connectivity index (χ1n) is 6.79. The van der Waals surface area contributed by atoms with Gasteiger partial charge in [-0.3, -0.25) is 0 Å². The summed E-state index contributed by atoms with van der Waals surface area (Å²) in [6, 6.07) is 15.2. The lowest BCUT2D eigenvalue weighted by Gasteiger charge is -2.23. The molecular formula is C17H19BrFN. The molecule has 2 rings (SSSR count). The summed E-state index contributed by atoms with van der Waals surface area (Å²) in [5, 5.41) is 3.56. The zero-order valence-electron chi connectivity index (χ0n) is 11.7. The molecule has 20 heavy (non-hydrogen) atoms. The number of benzene rings is 2. The molecule has 1 atom stereocenters. The summed E-state index contributed by atoms with van der Waals surface area (Å²) >= 11 is 3.48. The first-order chi connectivity index (χ1) is 9.56. The van der Waals surface area contributed by atoms with Crippen LogP contribution in [0.25, 0.3) is 0 Å². The van der Waals surface area contributed by atoms with Crippen LogP contribution in [0.15, 0.2) is 53.0 Å². The van der Waals surface area contributed by atoms with Crippen LogP contribution in [0.2, 0.25) is 0 Å². The fourth-order valence-corrected chi connectivity index (χ4v) is 2.73. The highest BCUT2D eigenvalue weighted by molar-refractivity contribution is 9.10. The van der Waals surface area contributed by atoms with Gasteiger partial charge in [0, 0.05) is 17.1 Å². The lowest BCUT2D eigenvalue weighted by Crippen LogP contribution is -2.25. The maximum Gasteiger partial charge on any atom is 0.123 e. The van der Waals surface area contributed by atoms with Crippen LogP contribution >= 0.6 is 15.9 Å². The fraction of sp³-hybridized carbons (Fsp3) is 0.294. The molecule has 2 aromatic rings. The smallest absolute Gasteiger partial charge is 0.123 e. The van der Waals surface area contributed by atoms with Crippen LogP contribution in [0.5, 0.6) is 0 Å². The average molecular weight is 336 g/mol. The third kappa shape index (κ3) is 4.15. The van der Waals surface area contributed by atoms with Gasteiger partial charge in [-0.2, -0.15) is 0 Å². The number of halogens is 2. The van der Waals surface area contributed by atoms with Crippen molar-refractivity contribution >= 4 is 15.9 Å². The maximum absolute atomic E-state index is 13.0. The molecule has 0 saturated carbocycles. The Balaban J connectivity index is 2.08. The predicted octanol–water partition coefficient (Wildman–Crippen LogP) is 5.08. The highest BCUT2D eigenvalue weighted by Gasteiger charge is 2.15. The average Bonchev–Trinajstić information content (AvgIpc) is 2.41. The Morgan fingerprint density at radius 3 is 2.40 bits per heavy atom. The summed E-state index contributed by atoms with van der Waals surface area (Å²) in [4.78, 5) is 0. The molecule has 2 aromatic carbocycles. The molecule has 1 N–H and O–H groups in total. The van der Waals surface area contributed by atoms with Gasteiger partial charge in [0.05, 0.1) is 0 Å². The van der Waals surface area contributed by atoms with Gasteiger partial charge in [-0.15, -0.1) is 0 Å². The highest BCUT2D eigenvalue weighted by atomic mass is 79.9. The Bertz CT molecular complexity index is 551. The zero-order valence-corrected chi connectivity index (χ0v) is 13.3. The van der Waals surface area contributed by atoms with Gasteiger partial charge in [0.15, 0.2) is 0 Å². The Morgan fingerprint density at radius 2 is 1.80 bits per heavy atom. The van der Waals surface area contributed by atoms with Gasteiger partial charge in [-0.25, -0.2) is 4.39 Å². The first kappa shape index (κ1) is 15.2. The van der Waals surface area contributed by atoms with Crippen LogP contribution in [-0.4, -0.2) is 0 Å². The van der Waals surface area contributed by atoms with E-state index in [0.29, 0.717) is 5.92 Å².